The molecule has 0 spiro atoms. The van der Waals surface area contributed by atoms with Gasteiger partial charge in [-0.1, -0.05) is 6.07 Å². The highest BCUT2D eigenvalue weighted by Gasteiger charge is 2.22. The highest BCUT2D eigenvalue weighted by Crippen LogP contribution is 2.25. The lowest BCUT2D eigenvalue weighted by Gasteiger charge is -2.33. The van der Waals surface area contributed by atoms with E-state index in [1.54, 1.807) is 0 Å². The number of amides is 1. The number of nitrogen functional groups attached to an aromatic ring is 1. The lowest BCUT2D eigenvalue weighted by Crippen LogP contribution is -2.42. The van der Waals surface area contributed by atoms with E-state index in [9.17, 15) is 4.79 Å². The number of hydrogen-bond donors (Lipinski definition) is 1. The van der Waals surface area contributed by atoms with Crippen molar-refractivity contribution < 1.29 is 9.53 Å². The fourth-order valence-corrected chi connectivity index (χ4v) is 2.98. The molecule has 1 aromatic carbocycles. The van der Waals surface area contributed by atoms with E-state index in [2.05, 4.69) is 6.92 Å². The normalized spacial score (nSPS) is 18.5. The highest BCUT2D eigenvalue weighted by atomic mass is 16.5. The summed E-state index contributed by atoms with van der Waals surface area (Å²) in [6, 6.07) is 6.21. The molecule has 0 bridgehead atoms. The monoisotopic (exact) mass is 304 g/mol. The number of likely N-dealkylation sites (tertiary alicyclic amines) is 1. The first-order valence-corrected chi connectivity index (χ1v) is 8.32. The summed E-state index contributed by atoms with van der Waals surface area (Å²) in [7, 11) is 0. The average molecular weight is 304 g/mol. The van der Waals surface area contributed by atoms with Gasteiger partial charge in [-0.2, -0.15) is 0 Å². The highest BCUT2D eigenvalue weighted by molar-refractivity contribution is 5.77. The van der Waals surface area contributed by atoms with Crippen LogP contribution in [0, 0.1) is 0 Å². The standard InChI is InChI=1S/C18H28N2O2/c1-13(2)22-17-9-7-15(12-16(17)19)8-10-18(21)20-11-5-4-6-14(20)3/h7,9,12-14H,4-6,8,10-11,19H2,1-3H3. The lowest BCUT2D eigenvalue weighted by atomic mass is 10.0. The van der Waals surface area contributed by atoms with Gasteiger partial charge < -0.3 is 15.4 Å². The van der Waals surface area contributed by atoms with Crippen LogP contribution in [0.5, 0.6) is 5.75 Å². The van der Waals surface area contributed by atoms with Gasteiger partial charge in [0, 0.05) is 19.0 Å². The van der Waals surface area contributed by atoms with E-state index in [0.717, 1.165) is 37.1 Å². The second-order valence-corrected chi connectivity index (χ2v) is 6.47. The van der Waals surface area contributed by atoms with E-state index in [1.165, 1.54) is 6.42 Å². The minimum absolute atomic E-state index is 0.107. The van der Waals surface area contributed by atoms with Crippen LogP contribution in [0.2, 0.25) is 0 Å². The zero-order valence-corrected chi connectivity index (χ0v) is 14.0. The zero-order chi connectivity index (χ0) is 16.1. The maximum absolute atomic E-state index is 12.3. The van der Waals surface area contributed by atoms with Crippen molar-refractivity contribution in [1.82, 2.24) is 4.90 Å². The predicted octanol–water partition coefficient (Wildman–Crippen LogP) is 3.39. The summed E-state index contributed by atoms with van der Waals surface area (Å²) in [5.74, 6) is 0.975. The molecular weight excluding hydrogens is 276 g/mol. The van der Waals surface area contributed by atoms with Crippen LogP contribution in [-0.4, -0.2) is 29.5 Å². The quantitative estimate of drug-likeness (QED) is 0.848. The van der Waals surface area contributed by atoms with Crippen LogP contribution in [0.4, 0.5) is 5.69 Å². The molecular formula is C18H28N2O2. The van der Waals surface area contributed by atoms with Crippen LogP contribution < -0.4 is 10.5 Å². The second-order valence-electron chi connectivity index (χ2n) is 6.47. The molecule has 1 aliphatic rings. The van der Waals surface area contributed by atoms with Crippen molar-refractivity contribution in [2.24, 2.45) is 0 Å². The summed E-state index contributed by atoms with van der Waals surface area (Å²) >= 11 is 0. The van der Waals surface area contributed by atoms with Gasteiger partial charge >= 0.3 is 0 Å². The smallest absolute Gasteiger partial charge is 0.223 e. The Morgan fingerprint density at radius 3 is 2.82 bits per heavy atom. The summed E-state index contributed by atoms with van der Waals surface area (Å²) in [4.78, 5) is 14.4. The van der Waals surface area contributed by atoms with Gasteiger partial charge in [0.15, 0.2) is 0 Å². The predicted molar refractivity (Wildman–Crippen MR) is 90.0 cm³/mol. The second kappa shape index (κ2) is 7.52. The van der Waals surface area contributed by atoms with E-state index in [0.29, 0.717) is 18.2 Å². The van der Waals surface area contributed by atoms with Gasteiger partial charge in [-0.05, 0) is 64.2 Å². The Labute approximate surface area is 133 Å². The van der Waals surface area contributed by atoms with Crippen LogP contribution in [0.15, 0.2) is 18.2 Å². The molecule has 22 heavy (non-hydrogen) atoms. The third-order valence-corrected chi connectivity index (χ3v) is 4.19. The SMILES string of the molecule is CC(C)Oc1ccc(CCC(=O)N2CCCCC2C)cc1N. The van der Waals surface area contributed by atoms with E-state index < -0.39 is 0 Å². The molecule has 1 heterocycles. The Hall–Kier alpha value is -1.71. The number of aryl methyl sites for hydroxylation is 1. The number of carbonyl (C=O) groups excluding carboxylic acids is 1. The topological polar surface area (TPSA) is 55.6 Å². The third-order valence-electron chi connectivity index (χ3n) is 4.19. The molecule has 1 saturated heterocycles. The molecule has 1 atom stereocenters. The minimum atomic E-state index is 0.107. The molecule has 4 nitrogen and oxygen atoms in total. The molecule has 0 radical (unpaired) electrons. The molecule has 0 saturated carbocycles. The minimum Gasteiger partial charge on any atom is -0.489 e. The van der Waals surface area contributed by atoms with Gasteiger partial charge in [0.05, 0.1) is 11.8 Å². The average Bonchev–Trinajstić information content (AvgIpc) is 2.47. The van der Waals surface area contributed by atoms with Crippen molar-refractivity contribution >= 4 is 11.6 Å². The first-order valence-electron chi connectivity index (χ1n) is 8.32. The van der Waals surface area contributed by atoms with Crippen LogP contribution in [0.1, 0.15) is 52.0 Å². The first-order chi connectivity index (χ1) is 10.5. The third kappa shape index (κ3) is 4.39. The Balaban J connectivity index is 1.91. The fourth-order valence-electron chi connectivity index (χ4n) is 2.98. The number of rotatable bonds is 5. The summed E-state index contributed by atoms with van der Waals surface area (Å²) in [5, 5.41) is 0. The van der Waals surface area contributed by atoms with Crippen molar-refractivity contribution in [1.29, 1.82) is 0 Å². The zero-order valence-electron chi connectivity index (χ0n) is 14.0. The van der Waals surface area contributed by atoms with Crippen molar-refractivity contribution in [2.45, 2.75) is 65.0 Å². The number of nitrogens with two attached hydrogens (primary N) is 1. The van der Waals surface area contributed by atoms with Gasteiger partial charge in [-0.3, -0.25) is 4.79 Å². The summed E-state index contributed by atoms with van der Waals surface area (Å²) in [6.45, 7) is 7.01. The lowest BCUT2D eigenvalue weighted by molar-refractivity contribution is -0.134. The van der Waals surface area contributed by atoms with E-state index >= 15 is 0 Å². The summed E-state index contributed by atoms with van der Waals surface area (Å²) in [6.07, 6.45) is 4.88. The van der Waals surface area contributed by atoms with E-state index in [-0.39, 0.29) is 12.0 Å². The maximum atomic E-state index is 12.3. The number of hydrogen-bond acceptors (Lipinski definition) is 3. The Morgan fingerprint density at radius 1 is 1.41 bits per heavy atom. The van der Waals surface area contributed by atoms with E-state index in [1.807, 2.05) is 36.9 Å². The van der Waals surface area contributed by atoms with Gasteiger partial charge in [0.25, 0.3) is 0 Å². The fraction of sp³-hybridized carbons (Fsp3) is 0.611. The molecule has 0 aromatic heterocycles. The largest absolute Gasteiger partial charge is 0.489 e. The number of carbonyl (C=O) groups is 1. The van der Waals surface area contributed by atoms with Gasteiger partial charge in [0.2, 0.25) is 5.91 Å². The molecule has 1 unspecified atom stereocenters. The molecule has 0 aliphatic carbocycles. The Bertz CT molecular complexity index is 514. The number of nitrogens with zero attached hydrogens (tertiary/aromatic N) is 1. The van der Waals surface area contributed by atoms with Crippen molar-refractivity contribution in [2.75, 3.05) is 12.3 Å². The van der Waals surface area contributed by atoms with Crippen LogP contribution in [-0.2, 0) is 11.2 Å². The van der Waals surface area contributed by atoms with Crippen LogP contribution in [0.25, 0.3) is 0 Å². The number of anilines is 1. The molecule has 2 rings (SSSR count). The number of ether oxygens (including phenoxy) is 1. The van der Waals surface area contributed by atoms with Crippen molar-refractivity contribution in [3.8, 4) is 5.75 Å². The maximum Gasteiger partial charge on any atom is 0.223 e. The van der Waals surface area contributed by atoms with Crippen molar-refractivity contribution in [3.63, 3.8) is 0 Å². The first kappa shape index (κ1) is 16.7. The number of benzene rings is 1. The number of piperidine rings is 1. The Morgan fingerprint density at radius 2 is 2.18 bits per heavy atom. The van der Waals surface area contributed by atoms with Gasteiger partial charge in [-0.15, -0.1) is 0 Å². The van der Waals surface area contributed by atoms with Gasteiger partial charge in [0.1, 0.15) is 5.75 Å². The van der Waals surface area contributed by atoms with Gasteiger partial charge in [-0.25, -0.2) is 0 Å². The summed E-state index contributed by atoms with van der Waals surface area (Å²) in [5.41, 5.74) is 7.75. The van der Waals surface area contributed by atoms with E-state index in [4.69, 9.17) is 10.5 Å². The van der Waals surface area contributed by atoms with Crippen LogP contribution in [0.3, 0.4) is 0 Å². The molecule has 1 aliphatic heterocycles. The Kier molecular flexibility index (Phi) is 5.69. The molecule has 122 valence electrons. The van der Waals surface area contributed by atoms with Crippen LogP contribution >= 0.6 is 0 Å². The molecule has 1 fully saturated rings. The molecule has 1 amide bonds. The molecule has 1 aromatic rings. The molecule has 4 heteroatoms. The molecule has 2 N–H and O–H groups in total. The van der Waals surface area contributed by atoms with Crippen molar-refractivity contribution in [3.05, 3.63) is 23.8 Å². The summed E-state index contributed by atoms with van der Waals surface area (Å²) < 4.78 is 5.63.